The molecule has 0 heterocycles. The molecule has 3 unspecified atom stereocenters. The van der Waals surface area contributed by atoms with Crippen LogP contribution in [-0.2, 0) is 19.0 Å². The lowest BCUT2D eigenvalue weighted by Gasteiger charge is -2.24. The van der Waals surface area contributed by atoms with Gasteiger partial charge in [-0.25, -0.2) is 4.79 Å². The molecule has 1 saturated carbocycles. The van der Waals surface area contributed by atoms with Crippen molar-refractivity contribution < 1.29 is 23.8 Å². The molecule has 0 spiro atoms. The van der Waals surface area contributed by atoms with Gasteiger partial charge in [-0.05, 0) is 33.6 Å². The van der Waals surface area contributed by atoms with Gasteiger partial charge >= 0.3 is 12.1 Å². The third kappa shape index (κ3) is 4.70. The first-order valence-electron chi connectivity index (χ1n) is 6.37. The van der Waals surface area contributed by atoms with E-state index in [-0.39, 0.29) is 24.0 Å². The second-order valence-electron chi connectivity index (χ2n) is 5.72. The zero-order chi connectivity index (χ0) is 14.6. The Bertz CT molecular complexity index is 336. The quantitative estimate of drug-likeness (QED) is 0.788. The zero-order valence-corrected chi connectivity index (χ0v) is 12.2. The molecule has 0 aromatic heterocycles. The Morgan fingerprint density at radius 2 is 1.79 bits per heavy atom. The molecular formula is C13H23NO5. The molecule has 6 nitrogen and oxygen atoms in total. The molecule has 1 N–H and O–H groups in total. The molecular weight excluding hydrogens is 250 g/mol. The minimum Gasteiger partial charge on any atom is -0.469 e. The van der Waals surface area contributed by atoms with Gasteiger partial charge in [-0.15, -0.1) is 0 Å². The standard InChI is InChI=1S/C13H23NO5/c1-13(2,3)19-12(16)14-9-6-8(11(15)18-5)7-10(9)17-4/h8-10H,6-7H2,1-5H3,(H,14,16). The molecule has 1 rings (SSSR count). The third-order valence-corrected chi connectivity index (χ3v) is 3.04. The maximum absolute atomic E-state index is 11.7. The Kier molecular flexibility index (Phi) is 5.17. The number of alkyl carbamates (subject to hydrolysis) is 1. The third-order valence-electron chi connectivity index (χ3n) is 3.04. The molecule has 1 amide bonds. The first kappa shape index (κ1) is 15.8. The van der Waals surface area contributed by atoms with Crippen LogP contribution in [0, 0.1) is 5.92 Å². The molecule has 6 heteroatoms. The van der Waals surface area contributed by atoms with Crippen molar-refractivity contribution in [2.45, 2.75) is 51.4 Å². The summed E-state index contributed by atoms with van der Waals surface area (Å²) in [6.07, 6.45) is 0.357. The van der Waals surface area contributed by atoms with Gasteiger partial charge in [0, 0.05) is 7.11 Å². The van der Waals surface area contributed by atoms with Crippen LogP contribution in [0.5, 0.6) is 0 Å². The van der Waals surface area contributed by atoms with E-state index in [4.69, 9.17) is 14.2 Å². The normalized spacial score (nSPS) is 26.9. The summed E-state index contributed by atoms with van der Waals surface area (Å²) in [6.45, 7) is 5.39. The van der Waals surface area contributed by atoms with Crippen LogP contribution in [-0.4, -0.2) is 44.0 Å². The molecule has 0 saturated heterocycles. The Morgan fingerprint density at radius 3 is 2.26 bits per heavy atom. The summed E-state index contributed by atoms with van der Waals surface area (Å²) < 4.78 is 15.2. The minimum atomic E-state index is -0.549. The average Bonchev–Trinajstić information content (AvgIpc) is 2.68. The molecule has 19 heavy (non-hydrogen) atoms. The molecule has 1 aliphatic carbocycles. The minimum absolute atomic E-state index is 0.198. The largest absolute Gasteiger partial charge is 0.469 e. The monoisotopic (exact) mass is 273 g/mol. The van der Waals surface area contributed by atoms with Gasteiger partial charge in [0.25, 0.3) is 0 Å². The van der Waals surface area contributed by atoms with Crippen molar-refractivity contribution in [3.63, 3.8) is 0 Å². The van der Waals surface area contributed by atoms with Crippen LogP contribution in [0.3, 0.4) is 0 Å². The molecule has 0 aromatic carbocycles. The van der Waals surface area contributed by atoms with E-state index in [1.54, 1.807) is 27.9 Å². The highest BCUT2D eigenvalue weighted by Crippen LogP contribution is 2.29. The van der Waals surface area contributed by atoms with Crippen LogP contribution in [0.2, 0.25) is 0 Å². The number of hydrogen-bond donors (Lipinski definition) is 1. The summed E-state index contributed by atoms with van der Waals surface area (Å²) in [6, 6.07) is -0.232. The van der Waals surface area contributed by atoms with Crippen LogP contribution in [0.4, 0.5) is 4.79 Å². The second-order valence-corrected chi connectivity index (χ2v) is 5.72. The molecule has 0 aliphatic heterocycles. The van der Waals surface area contributed by atoms with E-state index in [0.29, 0.717) is 12.8 Å². The highest BCUT2D eigenvalue weighted by atomic mass is 16.6. The maximum atomic E-state index is 11.7. The zero-order valence-electron chi connectivity index (χ0n) is 12.2. The number of esters is 1. The number of carbonyl (C=O) groups excluding carboxylic acids is 2. The van der Waals surface area contributed by atoms with Gasteiger partial charge in [0.05, 0.1) is 25.2 Å². The lowest BCUT2D eigenvalue weighted by Crippen LogP contribution is -2.43. The maximum Gasteiger partial charge on any atom is 0.407 e. The lowest BCUT2D eigenvalue weighted by atomic mass is 10.1. The summed E-state index contributed by atoms with van der Waals surface area (Å²) in [5.41, 5.74) is -0.549. The molecule has 1 aliphatic rings. The van der Waals surface area contributed by atoms with Crippen LogP contribution in [0.15, 0.2) is 0 Å². The van der Waals surface area contributed by atoms with Crippen LogP contribution in [0.1, 0.15) is 33.6 Å². The van der Waals surface area contributed by atoms with Crippen LogP contribution < -0.4 is 5.32 Å². The fourth-order valence-electron chi connectivity index (χ4n) is 2.23. The highest BCUT2D eigenvalue weighted by molar-refractivity contribution is 5.73. The first-order chi connectivity index (χ1) is 8.76. The van der Waals surface area contributed by atoms with E-state index in [1.165, 1.54) is 7.11 Å². The van der Waals surface area contributed by atoms with Gasteiger partial charge in [0.2, 0.25) is 0 Å². The van der Waals surface area contributed by atoms with Crippen molar-refractivity contribution in [1.29, 1.82) is 0 Å². The molecule has 110 valence electrons. The van der Waals surface area contributed by atoms with Gasteiger partial charge in [-0.1, -0.05) is 0 Å². The Hall–Kier alpha value is -1.30. The van der Waals surface area contributed by atoms with Gasteiger partial charge < -0.3 is 19.5 Å². The van der Waals surface area contributed by atoms with Crippen molar-refractivity contribution in [1.82, 2.24) is 5.32 Å². The molecule has 0 aromatic rings. The van der Waals surface area contributed by atoms with Gasteiger partial charge in [-0.3, -0.25) is 4.79 Å². The number of hydrogen-bond acceptors (Lipinski definition) is 5. The highest BCUT2D eigenvalue weighted by Gasteiger charge is 2.40. The van der Waals surface area contributed by atoms with Crippen molar-refractivity contribution in [3.05, 3.63) is 0 Å². The Balaban J connectivity index is 2.57. The number of rotatable bonds is 3. The molecule has 1 fully saturated rings. The summed E-state index contributed by atoms with van der Waals surface area (Å²) in [5, 5.41) is 2.75. The number of amides is 1. The molecule has 0 radical (unpaired) electrons. The fraction of sp³-hybridized carbons (Fsp3) is 0.846. The van der Waals surface area contributed by atoms with E-state index in [2.05, 4.69) is 5.32 Å². The average molecular weight is 273 g/mol. The predicted octanol–water partition coefficient (Wildman–Crippen LogP) is 1.48. The van der Waals surface area contributed by atoms with E-state index >= 15 is 0 Å². The fourth-order valence-corrected chi connectivity index (χ4v) is 2.23. The Morgan fingerprint density at radius 1 is 1.16 bits per heavy atom. The second kappa shape index (κ2) is 6.23. The van der Waals surface area contributed by atoms with Gasteiger partial charge in [-0.2, -0.15) is 0 Å². The number of nitrogens with one attached hydrogen (secondary N) is 1. The molecule has 0 bridgehead atoms. The van der Waals surface area contributed by atoms with E-state index < -0.39 is 11.7 Å². The molecule has 3 atom stereocenters. The predicted molar refractivity (Wildman–Crippen MR) is 68.7 cm³/mol. The van der Waals surface area contributed by atoms with Crippen molar-refractivity contribution >= 4 is 12.1 Å². The first-order valence-corrected chi connectivity index (χ1v) is 6.37. The van der Waals surface area contributed by atoms with E-state index in [9.17, 15) is 9.59 Å². The number of methoxy groups -OCH3 is 2. The summed E-state index contributed by atoms with van der Waals surface area (Å²) in [7, 11) is 2.92. The Labute approximate surface area is 113 Å². The topological polar surface area (TPSA) is 73.9 Å². The number of carbonyl (C=O) groups is 2. The van der Waals surface area contributed by atoms with Crippen LogP contribution >= 0.6 is 0 Å². The lowest BCUT2D eigenvalue weighted by molar-refractivity contribution is -0.145. The van der Waals surface area contributed by atoms with Gasteiger partial charge in [0.1, 0.15) is 5.60 Å². The van der Waals surface area contributed by atoms with Crippen molar-refractivity contribution in [3.8, 4) is 0 Å². The van der Waals surface area contributed by atoms with Crippen LogP contribution in [0.25, 0.3) is 0 Å². The summed E-state index contributed by atoms with van der Waals surface area (Å²) >= 11 is 0. The summed E-state index contributed by atoms with van der Waals surface area (Å²) in [4.78, 5) is 23.2. The van der Waals surface area contributed by atoms with E-state index in [0.717, 1.165) is 0 Å². The smallest absolute Gasteiger partial charge is 0.407 e. The van der Waals surface area contributed by atoms with Crippen molar-refractivity contribution in [2.24, 2.45) is 5.92 Å². The van der Waals surface area contributed by atoms with Gasteiger partial charge in [0.15, 0.2) is 0 Å². The summed E-state index contributed by atoms with van der Waals surface area (Å²) in [5.74, 6) is -0.509. The SMILES string of the molecule is COC(=O)C1CC(NC(=O)OC(C)(C)C)C(OC)C1. The van der Waals surface area contributed by atoms with E-state index in [1.807, 2.05) is 0 Å². The number of ether oxygens (including phenoxy) is 3. The van der Waals surface area contributed by atoms with Crippen molar-refractivity contribution in [2.75, 3.05) is 14.2 Å².